The van der Waals surface area contributed by atoms with E-state index in [0.29, 0.717) is 11.3 Å². The summed E-state index contributed by atoms with van der Waals surface area (Å²) in [6.45, 7) is 1.89. The molecule has 0 atom stereocenters. The molecule has 24 heavy (non-hydrogen) atoms. The van der Waals surface area contributed by atoms with Crippen LogP contribution in [0.25, 0.3) is 22.4 Å². The molecule has 0 bridgehead atoms. The zero-order valence-electron chi connectivity index (χ0n) is 13.2. The number of nitrogens with zero attached hydrogens (tertiary/aromatic N) is 1. The third-order valence-electron chi connectivity index (χ3n) is 3.57. The van der Waals surface area contributed by atoms with E-state index in [1.807, 2.05) is 60.7 Å². The molecule has 5 heteroatoms. The van der Waals surface area contributed by atoms with Crippen molar-refractivity contribution in [1.82, 2.24) is 10.2 Å². The van der Waals surface area contributed by atoms with E-state index in [1.165, 1.54) is 0 Å². The standard InChI is InChI=1S/C19H16N2O3/c1-2-24-19(23)16-15(13-9-5-3-6-10-13)17(20-21-18(16)22)14-11-7-4-8-12-14/h3-12H,2H2,1H3,(H,21,22). The van der Waals surface area contributed by atoms with Crippen LogP contribution < -0.4 is 5.56 Å². The molecule has 0 amide bonds. The van der Waals surface area contributed by atoms with Crippen molar-refractivity contribution >= 4 is 5.97 Å². The van der Waals surface area contributed by atoms with Crippen LogP contribution >= 0.6 is 0 Å². The smallest absolute Gasteiger partial charge is 0.344 e. The van der Waals surface area contributed by atoms with E-state index in [0.717, 1.165) is 11.1 Å². The van der Waals surface area contributed by atoms with Crippen LogP contribution in [0.3, 0.4) is 0 Å². The SMILES string of the molecule is CCOC(=O)c1c(-c2ccccc2)c(-c2ccccc2)n[nH]c1=O. The average Bonchev–Trinajstić information content (AvgIpc) is 2.63. The lowest BCUT2D eigenvalue weighted by Crippen LogP contribution is -2.23. The highest BCUT2D eigenvalue weighted by Gasteiger charge is 2.23. The first-order valence-corrected chi connectivity index (χ1v) is 7.63. The fraction of sp³-hybridized carbons (Fsp3) is 0.105. The molecule has 0 saturated carbocycles. The van der Waals surface area contributed by atoms with E-state index in [1.54, 1.807) is 6.92 Å². The minimum Gasteiger partial charge on any atom is -0.462 e. The third-order valence-corrected chi connectivity index (χ3v) is 3.57. The Balaban J connectivity index is 2.33. The van der Waals surface area contributed by atoms with Gasteiger partial charge in [0.05, 0.1) is 12.3 Å². The Morgan fingerprint density at radius 3 is 2.17 bits per heavy atom. The predicted molar refractivity (Wildman–Crippen MR) is 91.7 cm³/mol. The minimum absolute atomic E-state index is 0.0306. The van der Waals surface area contributed by atoms with Crippen LogP contribution in [0.4, 0.5) is 0 Å². The average molecular weight is 320 g/mol. The van der Waals surface area contributed by atoms with Crippen molar-refractivity contribution < 1.29 is 9.53 Å². The Labute approximate surface area is 138 Å². The van der Waals surface area contributed by atoms with Gasteiger partial charge in [-0.15, -0.1) is 0 Å². The van der Waals surface area contributed by atoms with Crippen LogP contribution in [0.2, 0.25) is 0 Å². The molecule has 0 unspecified atom stereocenters. The van der Waals surface area contributed by atoms with Crippen LogP contribution in [0.1, 0.15) is 17.3 Å². The minimum atomic E-state index is -0.655. The van der Waals surface area contributed by atoms with Gasteiger partial charge in [-0.05, 0) is 12.5 Å². The summed E-state index contributed by atoms with van der Waals surface area (Å²) in [6.07, 6.45) is 0. The van der Waals surface area contributed by atoms with Crippen molar-refractivity contribution in [2.45, 2.75) is 6.92 Å². The highest BCUT2D eigenvalue weighted by Crippen LogP contribution is 2.31. The summed E-state index contributed by atoms with van der Waals surface area (Å²) in [6, 6.07) is 18.6. The Kier molecular flexibility index (Phi) is 4.52. The van der Waals surface area contributed by atoms with E-state index in [-0.39, 0.29) is 12.2 Å². The summed E-state index contributed by atoms with van der Waals surface area (Å²) < 4.78 is 5.08. The maximum Gasteiger partial charge on any atom is 0.344 e. The molecule has 1 heterocycles. The van der Waals surface area contributed by atoms with Gasteiger partial charge in [-0.2, -0.15) is 5.10 Å². The van der Waals surface area contributed by atoms with Gasteiger partial charge in [-0.25, -0.2) is 9.89 Å². The molecule has 0 radical (unpaired) electrons. The van der Waals surface area contributed by atoms with Crippen LogP contribution in [-0.4, -0.2) is 22.8 Å². The van der Waals surface area contributed by atoms with Gasteiger partial charge in [0.1, 0.15) is 5.56 Å². The number of benzene rings is 2. The van der Waals surface area contributed by atoms with Gasteiger partial charge in [-0.1, -0.05) is 60.7 Å². The number of H-pyrrole nitrogens is 1. The quantitative estimate of drug-likeness (QED) is 0.749. The normalized spacial score (nSPS) is 10.4. The molecule has 0 aliphatic heterocycles. The Morgan fingerprint density at radius 1 is 1.00 bits per heavy atom. The van der Waals surface area contributed by atoms with E-state index >= 15 is 0 Å². The second-order valence-corrected chi connectivity index (χ2v) is 5.10. The molecule has 3 aromatic rings. The maximum absolute atomic E-state index is 12.4. The number of ether oxygens (including phenoxy) is 1. The lowest BCUT2D eigenvalue weighted by atomic mass is 9.95. The molecule has 2 aromatic carbocycles. The van der Waals surface area contributed by atoms with Gasteiger partial charge < -0.3 is 4.74 Å². The zero-order valence-corrected chi connectivity index (χ0v) is 13.2. The summed E-state index contributed by atoms with van der Waals surface area (Å²) in [5.74, 6) is -0.655. The Hall–Kier alpha value is -3.21. The van der Waals surface area contributed by atoms with Gasteiger partial charge in [-0.3, -0.25) is 4.79 Å². The van der Waals surface area contributed by atoms with Crippen LogP contribution in [0.15, 0.2) is 65.5 Å². The van der Waals surface area contributed by atoms with Crippen molar-refractivity contribution in [3.63, 3.8) is 0 Å². The fourth-order valence-electron chi connectivity index (χ4n) is 2.54. The number of hydrogen-bond donors (Lipinski definition) is 1. The van der Waals surface area contributed by atoms with Gasteiger partial charge in [0.25, 0.3) is 5.56 Å². The van der Waals surface area contributed by atoms with E-state index in [4.69, 9.17) is 4.74 Å². The Bertz CT molecular complexity index is 903. The lowest BCUT2D eigenvalue weighted by molar-refractivity contribution is 0.0525. The van der Waals surface area contributed by atoms with Crippen molar-refractivity contribution in [1.29, 1.82) is 0 Å². The highest BCUT2D eigenvalue weighted by molar-refractivity contribution is 6.00. The number of nitrogens with one attached hydrogen (secondary N) is 1. The molecule has 0 aliphatic carbocycles. The largest absolute Gasteiger partial charge is 0.462 e. The van der Waals surface area contributed by atoms with Crippen LogP contribution in [0, 0.1) is 0 Å². The molecule has 0 fully saturated rings. The molecule has 3 rings (SSSR count). The third kappa shape index (κ3) is 2.96. The molecular weight excluding hydrogens is 304 g/mol. The predicted octanol–water partition coefficient (Wildman–Crippen LogP) is 3.28. The molecule has 5 nitrogen and oxygen atoms in total. The molecule has 0 saturated heterocycles. The number of aromatic amines is 1. The van der Waals surface area contributed by atoms with E-state index in [2.05, 4.69) is 10.2 Å². The topological polar surface area (TPSA) is 72.0 Å². The summed E-state index contributed by atoms with van der Waals surface area (Å²) >= 11 is 0. The second-order valence-electron chi connectivity index (χ2n) is 5.10. The summed E-state index contributed by atoms with van der Waals surface area (Å²) in [7, 11) is 0. The number of rotatable bonds is 4. The highest BCUT2D eigenvalue weighted by atomic mass is 16.5. The zero-order chi connectivity index (χ0) is 16.9. The van der Waals surface area contributed by atoms with Crippen molar-refractivity contribution in [2.24, 2.45) is 0 Å². The summed E-state index contributed by atoms with van der Waals surface area (Å²) in [5, 5.41) is 6.59. The molecule has 0 aliphatic rings. The van der Waals surface area contributed by atoms with Gasteiger partial charge in [0, 0.05) is 11.1 Å². The number of carbonyl (C=O) groups excluding carboxylic acids is 1. The first-order chi connectivity index (χ1) is 11.7. The monoisotopic (exact) mass is 320 g/mol. The maximum atomic E-state index is 12.4. The van der Waals surface area contributed by atoms with E-state index in [9.17, 15) is 9.59 Å². The number of esters is 1. The summed E-state index contributed by atoms with van der Waals surface area (Å²) in [5.41, 5.74) is 1.95. The molecule has 0 spiro atoms. The van der Waals surface area contributed by atoms with E-state index < -0.39 is 11.5 Å². The molecule has 1 N–H and O–H groups in total. The number of hydrogen-bond acceptors (Lipinski definition) is 4. The first-order valence-electron chi connectivity index (χ1n) is 7.63. The Morgan fingerprint density at radius 2 is 1.58 bits per heavy atom. The van der Waals surface area contributed by atoms with Gasteiger partial charge >= 0.3 is 5.97 Å². The van der Waals surface area contributed by atoms with Crippen LogP contribution in [-0.2, 0) is 4.74 Å². The van der Waals surface area contributed by atoms with Crippen molar-refractivity contribution in [2.75, 3.05) is 6.61 Å². The van der Waals surface area contributed by atoms with Crippen molar-refractivity contribution in [3.8, 4) is 22.4 Å². The number of carbonyl (C=O) groups is 1. The van der Waals surface area contributed by atoms with Crippen LogP contribution in [0.5, 0.6) is 0 Å². The molecule has 120 valence electrons. The molecular formula is C19H16N2O3. The summed E-state index contributed by atoms with van der Waals surface area (Å²) in [4.78, 5) is 24.7. The number of aromatic nitrogens is 2. The lowest BCUT2D eigenvalue weighted by Gasteiger charge is -2.13. The van der Waals surface area contributed by atoms with Gasteiger partial charge in [0.2, 0.25) is 0 Å². The first kappa shape index (κ1) is 15.7. The molecule has 1 aromatic heterocycles. The fourth-order valence-corrected chi connectivity index (χ4v) is 2.54. The second kappa shape index (κ2) is 6.91. The van der Waals surface area contributed by atoms with Crippen molar-refractivity contribution in [3.05, 3.63) is 76.6 Å². The van der Waals surface area contributed by atoms with Gasteiger partial charge in [0.15, 0.2) is 0 Å².